The van der Waals surface area contributed by atoms with Crippen LogP contribution in [-0.4, -0.2) is 34.3 Å². The number of carbonyl (C=O) groups is 1. The summed E-state index contributed by atoms with van der Waals surface area (Å²) in [6.07, 6.45) is 0. The Kier molecular flexibility index (Phi) is 5.67. The van der Waals surface area contributed by atoms with E-state index < -0.39 is 0 Å². The first-order valence-corrected chi connectivity index (χ1v) is 4.09. The Morgan fingerprint density at radius 2 is 2.20 bits per heavy atom. The van der Waals surface area contributed by atoms with Crippen LogP contribution in [0, 0.1) is 5.92 Å². The molecular weight excluding hydrogens is 152 g/mol. The van der Waals surface area contributed by atoms with Crippen LogP contribution in [0.4, 0.5) is 0 Å². The monoisotopic (exact) mass is 164 g/mol. The maximum Gasteiger partial charge on any atom is 0.194 e. The molecule has 0 saturated carbocycles. The van der Waals surface area contributed by atoms with Gasteiger partial charge in [-0.25, -0.2) is 0 Å². The SMILES string of the molecule is CC(CO)C(=O)SCCO. The number of carbonyl (C=O) groups excluding carboxylic acids is 1. The molecule has 0 aromatic carbocycles. The van der Waals surface area contributed by atoms with Gasteiger partial charge in [0, 0.05) is 11.7 Å². The van der Waals surface area contributed by atoms with Gasteiger partial charge in [0.15, 0.2) is 5.12 Å². The summed E-state index contributed by atoms with van der Waals surface area (Å²) >= 11 is 1.06. The van der Waals surface area contributed by atoms with Crippen LogP contribution in [0.3, 0.4) is 0 Å². The van der Waals surface area contributed by atoms with Crippen molar-refractivity contribution >= 4 is 16.9 Å². The molecule has 0 aliphatic carbocycles. The lowest BCUT2D eigenvalue weighted by Crippen LogP contribution is -2.12. The first-order chi connectivity index (χ1) is 4.72. The fourth-order valence-corrected chi connectivity index (χ4v) is 1.01. The van der Waals surface area contributed by atoms with Crippen molar-refractivity contribution in [2.75, 3.05) is 19.0 Å². The van der Waals surface area contributed by atoms with Gasteiger partial charge in [0.05, 0.1) is 13.2 Å². The molecule has 10 heavy (non-hydrogen) atoms. The predicted molar refractivity (Wildman–Crippen MR) is 40.8 cm³/mol. The Hall–Kier alpha value is -0.0600. The van der Waals surface area contributed by atoms with E-state index in [-0.39, 0.29) is 24.2 Å². The maximum atomic E-state index is 10.8. The van der Waals surface area contributed by atoms with Gasteiger partial charge in [-0.3, -0.25) is 4.79 Å². The second-order valence-electron chi connectivity index (χ2n) is 1.97. The van der Waals surface area contributed by atoms with Gasteiger partial charge in [-0.05, 0) is 0 Å². The van der Waals surface area contributed by atoms with E-state index in [1.54, 1.807) is 6.92 Å². The lowest BCUT2D eigenvalue weighted by atomic mass is 10.2. The summed E-state index contributed by atoms with van der Waals surface area (Å²) in [5.74, 6) is 0.111. The zero-order chi connectivity index (χ0) is 7.98. The number of hydrogen-bond acceptors (Lipinski definition) is 4. The molecule has 4 heteroatoms. The minimum Gasteiger partial charge on any atom is -0.396 e. The van der Waals surface area contributed by atoms with Crippen molar-refractivity contribution < 1.29 is 15.0 Å². The van der Waals surface area contributed by atoms with Crippen molar-refractivity contribution in [3.05, 3.63) is 0 Å². The van der Waals surface area contributed by atoms with Gasteiger partial charge in [0.2, 0.25) is 0 Å². The van der Waals surface area contributed by atoms with Crippen LogP contribution >= 0.6 is 11.8 Å². The lowest BCUT2D eigenvalue weighted by Gasteiger charge is -2.03. The van der Waals surface area contributed by atoms with Crippen LogP contribution in [0.25, 0.3) is 0 Å². The Bertz CT molecular complexity index is 105. The minimum absolute atomic E-state index is 0.00849. The lowest BCUT2D eigenvalue weighted by molar-refractivity contribution is -0.114. The first kappa shape index (κ1) is 9.94. The minimum atomic E-state index is -0.309. The number of hydrogen-bond donors (Lipinski definition) is 2. The van der Waals surface area contributed by atoms with E-state index >= 15 is 0 Å². The molecule has 0 aliphatic heterocycles. The van der Waals surface area contributed by atoms with Gasteiger partial charge >= 0.3 is 0 Å². The molecule has 1 atom stereocenters. The molecule has 60 valence electrons. The van der Waals surface area contributed by atoms with E-state index in [0.717, 1.165) is 11.8 Å². The number of aliphatic hydroxyl groups is 2. The van der Waals surface area contributed by atoms with Crippen LogP contribution in [0.5, 0.6) is 0 Å². The normalized spacial score (nSPS) is 13.1. The third kappa shape index (κ3) is 3.87. The largest absolute Gasteiger partial charge is 0.396 e. The van der Waals surface area contributed by atoms with Crippen LogP contribution in [0.1, 0.15) is 6.92 Å². The van der Waals surface area contributed by atoms with Gasteiger partial charge in [0.25, 0.3) is 0 Å². The zero-order valence-corrected chi connectivity index (χ0v) is 6.73. The van der Waals surface area contributed by atoms with E-state index in [0.29, 0.717) is 5.75 Å². The Labute approximate surface area is 64.4 Å². The van der Waals surface area contributed by atoms with Gasteiger partial charge in [-0.2, -0.15) is 0 Å². The highest BCUT2D eigenvalue weighted by molar-refractivity contribution is 8.13. The average molecular weight is 164 g/mol. The molecule has 2 N–H and O–H groups in total. The Morgan fingerprint density at radius 3 is 2.60 bits per heavy atom. The van der Waals surface area contributed by atoms with E-state index in [1.165, 1.54) is 0 Å². The van der Waals surface area contributed by atoms with Gasteiger partial charge < -0.3 is 10.2 Å². The second-order valence-corrected chi connectivity index (χ2v) is 3.07. The molecule has 0 aromatic rings. The fraction of sp³-hybridized carbons (Fsp3) is 0.833. The van der Waals surface area contributed by atoms with Crippen LogP contribution in [0.2, 0.25) is 0 Å². The molecule has 0 aliphatic rings. The summed E-state index contributed by atoms with van der Waals surface area (Å²) < 4.78 is 0. The molecule has 3 nitrogen and oxygen atoms in total. The molecule has 0 aromatic heterocycles. The summed E-state index contributed by atoms with van der Waals surface area (Å²) in [5.41, 5.74) is 0. The fourth-order valence-electron chi connectivity index (χ4n) is 0.363. The third-order valence-corrected chi connectivity index (χ3v) is 2.09. The van der Waals surface area contributed by atoms with Crippen molar-refractivity contribution in [3.8, 4) is 0 Å². The van der Waals surface area contributed by atoms with Crippen LogP contribution in [-0.2, 0) is 4.79 Å². The Morgan fingerprint density at radius 1 is 1.60 bits per heavy atom. The second kappa shape index (κ2) is 5.70. The van der Waals surface area contributed by atoms with Crippen LogP contribution in [0.15, 0.2) is 0 Å². The van der Waals surface area contributed by atoms with E-state index in [9.17, 15) is 4.79 Å². The molecule has 1 unspecified atom stereocenters. The molecule has 0 heterocycles. The van der Waals surface area contributed by atoms with E-state index in [1.807, 2.05) is 0 Å². The summed E-state index contributed by atoms with van der Waals surface area (Å²) in [6, 6.07) is 0. The van der Waals surface area contributed by atoms with Crippen molar-refractivity contribution in [1.82, 2.24) is 0 Å². The number of rotatable bonds is 4. The quantitative estimate of drug-likeness (QED) is 0.607. The predicted octanol–water partition coefficient (Wildman–Crippen LogP) is -0.133. The zero-order valence-electron chi connectivity index (χ0n) is 5.91. The summed E-state index contributed by atoms with van der Waals surface area (Å²) in [4.78, 5) is 10.8. The molecule has 0 bridgehead atoms. The van der Waals surface area contributed by atoms with Crippen molar-refractivity contribution in [3.63, 3.8) is 0 Å². The van der Waals surface area contributed by atoms with E-state index in [4.69, 9.17) is 10.2 Å². The summed E-state index contributed by atoms with van der Waals surface area (Å²) in [6.45, 7) is 1.55. The molecule has 0 fully saturated rings. The highest BCUT2D eigenvalue weighted by atomic mass is 32.2. The average Bonchev–Trinajstić information content (AvgIpc) is 1.98. The summed E-state index contributed by atoms with van der Waals surface area (Å²) in [5, 5.41) is 16.8. The molecule has 0 radical (unpaired) electrons. The molecular formula is C6H12O3S. The smallest absolute Gasteiger partial charge is 0.194 e. The molecule has 0 rings (SSSR count). The van der Waals surface area contributed by atoms with Gasteiger partial charge in [-0.1, -0.05) is 18.7 Å². The van der Waals surface area contributed by atoms with Crippen molar-refractivity contribution in [2.24, 2.45) is 5.92 Å². The van der Waals surface area contributed by atoms with E-state index in [2.05, 4.69) is 0 Å². The molecule has 0 amide bonds. The highest BCUT2D eigenvalue weighted by Gasteiger charge is 2.10. The van der Waals surface area contributed by atoms with Crippen molar-refractivity contribution in [1.29, 1.82) is 0 Å². The number of thioether (sulfide) groups is 1. The molecule has 0 spiro atoms. The van der Waals surface area contributed by atoms with Crippen LogP contribution < -0.4 is 0 Å². The van der Waals surface area contributed by atoms with Gasteiger partial charge in [0.1, 0.15) is 0 Å². The van der Waals surface area contributed by atoms with Crippen molar-refractivity contribution in [2.45, 2.75) is 6.92 Å². The number of aliphatic hydroxyl groups excluding tert-OH is 2. The van der Waals surface area contributed by atoms with Gasteiger partial charge in [-0.15, -0.1) is 0 Å². The standard InChI is InChI=1S/C6H12O3S/c1-5(4-8)6(9)10-3-2-7/h5,7-8H,2-4H2,1H3. The maximum absolute atomic E-state index is 10.8. The first-order valence-electron chi connectivity index (χ1n) is 3.10. The Balaban J connectivity index is 3.42. The molecule has 0 saturated heterocycles. The summed E-state index contributed by atoms with van der Waals surface area (Å²) in [7, 11) is 0. The topological polar surface area (TPSA) is 57.5 Å². The third-order valence-electron chi connectivity index (χ3n) is 1.01. The highest BCUT2D eigenvalue weighted by Crippen LogP contribution is 2.09.